The largest absolute Gasteiger partial charge is 0.481 e. The van der Waals surface area contributed by atoms with Gasteiger partial charge in [-0.25, -0.2) is 0 Å². The van der Waals surface area contributed by atoms with Crippen molar-refractivity contribution in [3.05, 3.63) is 41.3 Å². The molecule has 1 aromatic carbocycles. The van der Waals surface area contributed by atoms with Crippen LogP contribution in [-0.2, 0) is 11.2 Å². The first-order chi connectivity index (χ1) is 6.70. The fourth-order valence-corrected chi connectivity index (χ4v) is 1.88. The maximum Gasteiger partial charge on any atom is 0.300 e. The molecule has 0 saturated carbocycles. The van der Waals surface area contributed by atoms with Gasteiger partial charge >= 0.3 is 0 Å². The van der Waals surface area contributed by atoms with Crippen LogP contribution >= 0.6 is 11.8 Å². The zero-order valence-electron chi connectivity index (χ0n) is 7.93. The second-order valence-corrected chi connectivity index (χ2v) is 3.77. The van der Waals surface area contributed by atoms with Crippen molar-refractivity contribution < 1.29 is 9.90 Å². The average molecular weight is 208 g/mol. The first-order valence-electron chi connectivity index (χ1n) is 4.29. The number of aliphatic carboxylic acids is 1. The van der Waals surface area contributed by atoms with E-state index < -0.39 is 5.97 Å². The van der Waals surface area contributed by atoms with Gasteiger partial charge in [0.25, 0.3) is 5.97 Å². The van der Waals surface area contributed by atoms with E-state index in [2.05, 4.69) is 35.7 Å². The van der Waals surface area contributed by atoms with E-state index in [4.69, 9.17) is 9.90 Å². The molecule has 0 unspecified atom stereocenters. The molecule has 0 fully saturated rings. The molecule has 2 nitrogen and oxygen atoms in total. The summed E-state index contributed by atoms with van der Waals surface area (Å²) in [5, 5.41) is 9.57. The molecule has 1 aliphatic rings. The lowest BCUT2D eigenvalue weighted by molar-refractivity contribution is -0.134. The number of benzene rings is 1. The Kier molecular flexibility index (Phi) is 4.26. The molecule has 1 N–H and O–H groups in total. The Morgan fingerprint density at radius 1 is 1.43 bits per heavy atom. The van der Waals surface area contributed by atoms with Crippen molar-refractivity contribution in [2.75, 3.05) is 0 Å². The fourth-order valence-electron chi connectivity index (χ4n) is 1.08. The van der Waals surface area contributed by atoms with Gasteiger partial charge in [-0.2, -0.15) is 0 Å². The lowest BCUT2D eigenvalue weighted by atomic mass is 10.1. The molecule has 0 atom stereocenters. The predicted octanol–water partition coefficient (Wildman–Crippen LogP) is 2.94. The zero-order chi connectivity index (χ0) is 10.4. The summed E-state index contributed by atoms with van der Waals surface area (Å²) in [6.07, 6.45) is 3.30. The maximum atomic E-state index is 9.00. The number of hydrogen-bond acceptors (Lipinski definition) is 2. The molecule has 0 spiro atoms. The van der Waals surface area contributed by atoms with Crippen LogP contribution in [0.15, 0.2) is 40.6 Å². The summed E-state index contributed by atoms with van der Waals surface area (Å²) in [6.45, 7) is 1.08. The SMILES string of the molecule is C1=CSc2ccccc2C1.CC(=O)O. The summed E-state index contributed by atoms with van der Waals surface area (Å²) in [4.78, 5) is 10.4. The summed E-state index contributed by atoms with van der Waals surface area (Å²) >= 11 is 1.81. The molecule has 0 amide bonds. The molecular weight excluding hydrogens is 196 g/mol. The Hall–Kier alpha value is -1.22. The summed E-state index contributed by atoms with van der Waals surface area (Å²) in [6, 6.07) is 8.54. The molecule has 0 aromatic heterocycles. The van der Waals surface area contributed by atoms with Gasteiger partial charge in [0.05, 0.1) is 0 Å². The van der Waals surface area contributed by atoms with Gasteiger partial charge < -0.3 is 5.11 Å². The highest BCUT2D eigenvalue weighted by molar-refractivity contribution is 8.02. The molecule has 74 valence electrons. The monoisotopic (exact) mass is 208 g/mol. The van der Waals surface area contributed by atoms with Crippen LogP contribution in [0.1, 0.15) is 12.5 Å². The smallest absolute Gasteiger partial charge is 0.300 e. The maximum absolute atomic E-state index is 9.00. The van der Waals surface area contributed by atoms with Crippen molar-refractivity contribution >= 4 is 17.7 Å². The van der Waals surface area contributed by atoms with Gasteiger partial charge in [0, 0.05) is 11.8 Å². The van der Waals surface area contributed by atoms with Gasteiger partial charge in [-0.3, -0.25) is 4.79 Å². The molecule has 14 heavy (non-hydrogen) atoms. The van der Waals surface area contributed by atoms with E-state index in [1.54, 1.807) is 0 Å². The van der Waals surface area contributed by atoms with Gasteiger partial charge in [-0.05, 0) is 23.5 Å². The Labute approximate surface area is 87.6 Å². The molecule has 1 aliphatic heterocycles. The summed E-state index contributed by atoms with van der Waals surface area (Å²) < 4.78 is 0. The van der Waals surface area contributed by atoms with Crippen LogP contribution in [0.2, 0.25) is 0 Å². The third kappa shape index (κ3) is 3.66. The van der Waals surface area contributed by atoms with Crippen molar-refractivity contribution in [2.24, 2.45) is 0 Å². The molecule has 0 aliphatic carbocycles. The van der Waals surface area contributed by atoms with Gasteiger partial charge in [-0.15, -0.1) is 0 Å². The highest BCUT2D eigenvalue weighted by Crippen LogP contribution is 2.27. The average Bonchev–Trinajstić information content (AvgIpc) is 2.17. The molecule has 1 heterocycles. The number of hydrogen-bond donors (Lipinski definition) is 1. The molecule has 2 rings (SSSR count). The van der Waals surface area contributed by atoms with Crippen LogP contribution in [0.25, 0.3) is 0 Å². The van der Waals surface area contributed by atoms with Gasteiger partial charge in [0.2, 0.25) is 0 Å². The third-order valence-corrected chi connectivity index (χ3v) is 2.58. The molecule has 3 heteroatoms. The number of fused-ring (bicyclic) bond motifs is 1. The third-order valence-electron chi connectivity index (χ3n) is 1.60. The van der Waals surface area contributed by atoms with Crippen LogP contribution in [0, 0.1) is 0 Å². The molecule has 0 bridgehead atoms. The van der Waals surface area contributed by atoms with Gasteiger partial charge in [-0.1, -0.05) is 36.0 Å². The summed E-state index contributed by atoms with van der Waals surface area (Å²) in [7, 11) is 0. The van der Waals surface area contributed by atoms with Crippen molar-refractivity contribution in [3.8, 4) is 0 Å². The van der Waals surface area contributed by atoms with Crippen LogP contribution in [0.4, 0.5) is 0 Å². The number of thioether (sulfide) groups is 1. The summed E-state index contributed by atoms with van der Waals surface area (Å²) in [5.74, 6) is -0.833. The van der Waals surface area contributed by atoms with Crippen molar-refractivity contribution in [1.82, 2.24) is 0 Å². The first kappa shape index (κ1) is 10.9. The number of carbonyl (C=O) groups is 1. The topological polar surface area (TPSA) is 37.3 Å². The minimum absolute atomic E-state index is 0.833. The first-order valence-corrected chi connectivity index (χ1v) is 5.17. The molecule has 0 saturated heterocycles. The highest BCUT2D eigenvalue weighted by atomic mass is 32.2. The van der Waals surface area contributed by atoms with E-state index in [-0.39, 0.29) is 0 Å². The van der Waals surface area contributed by atoms with Crippen molar-refractivity contribution in [3.63, 3.8) is 0 Å². The van der Waals surface area contributed by atoms with E-state index in [0.717, 1.165) is 13.3 Å². The lowest BCUT2D eigenvalue weighted by Crippen LogP contribution is -1.87. The second kappa shape index (κ2) is 5.50. The fraction of sp³-hybridized carbons (Fsp3) is 0.182. The Bertz CT molecular complexity index is 314. The van der Waals surface area contributed by atoms with Crippen LogP contribution in [-0.4, -0.2) is 11.1 Å². The van der Waals surface area contributed by atoms with E-state index in [1.165, 1.54) is 10.5 Å². The van der Waals surface area contributed by atoms with E-state index in [9.17, 15) is 0 Å². The Morgan fingerprint density at radius 2 is 2.07 bits per heavy atom. The second-order valence-electron chi connectivity index (χ2n) is 2.82. The minimum Gasteiger partial charge on any atom is -0.481 e. The number of rotatable bonds is 0. The van der Waals surface area contributed by atoms with E-state index >= 15 is 0 Å². The highest BCUT2D eigenvalue weighted by Gasteiger charge is 2.01. The Balaban J connectivity index is 0.000000213. The quantitative estimate of drug-likeness (QED) is 0.712. The lowest BCUT2D eigenvalue weighted by Gasteiger charge is -2.07. The normalized spacial score (nSPS) is 12.4. The van der Waals surface area contributed by atoms with Crippen LogP contribution in [0.3, 0.4) is 0 Å². The van der Waals surface area contributed by atoms with Crippen LogP contribution < -0.4 is 0 Å². The number of allylic oxidation sites excluding steroid dienone is 1. The van der Waals surface area contributed by atoms with Crippen molar-refractivity contribution in [2.45, 2.75) is 18.2 Å². The minimum atomic E-state index is -0.833. The van der Waals surface area contributed by atoms with Crippen molar-refractivity contribution in [1.29, 1.82) is 0 Å². The molecule has 1 aromatic rings. The standard InChI is InChI=1S/C9H8S.C2H4O2/c1-2-6-9-8(4-1)5-3-7-10-9;1-2(3)4/h1-4,6-7H,5H2;1H3,(H,3,4). The molecular formula is C11H12O2S. The molecule has 0 radical (unpaired) electrons. The number of carboxylic acids is 1. The van der Waals surface area contributed by atoms with Gasteiger partial charge in [0.1, 0.15) is 0 Å². The van der Waals surface area contributed by atoms with Crippen LogP contribution in [0.5, 0.6) is 0 Å². The van der Waals surface area contributed by atoms with Gasteiger partial charge in [0.15, 0.2) is 0 Å². The van der Waals surface area contributed by atoms with E-state index in [1.807, 2.05) is 11.8 Å². The van der Waals surface area contributed by atoms with E-state index in [0.29, 0.717) is 0 Å². The zero-order valence-corrected chi connectivity index (χ0v) is 8.75. The summed E-state index contributed by atoms with van der Waals surface area (Å²) in [5.41, 5.74) is 1.45. The Morgan fingerprint density at radius 3 is 2.71 bits per heavy atom. The number of carboxylic acid groups (broad SMARTS) is 1. The predicted molar refractivity (Wildman–Crippen MR) is 58.5 cm³/mol.